The summed E-state index contributed by atoms with van der Waals surface area (Å²) in [7, 11) is 0. The van der Waals surface area contributed by atoms with Crippen molar-refractivity contribution < 1.29 is 19.2 Å². The number of aromatic amines is 1. The zero-order chi connectivity index (χ0) is 22.1. The minimum atomic E-state index is -0.531. The number of amides is 4. The smallest absolute Gasteiger partial charge is 0.266 e. The summed E-state index contributed by atoms with van der Waals surface area (Å²) in [6.07, 6.45) is 1.60. The summed E-state index contributed by atoms with van der Waals surface area (Å²) >= 11 is 6.23. The second-order valence-electron chi connectivity index (χ2n) is 7.41. The quantitative estimate of drug-likeness (QED) is 0.463. The zero-order valence-corrected chi connectivity index (χ0v) is 16.8. The average Bonchev–Trinajstić information content (AvgIpc) is 3.42. The molecule has 0 aliphatic carbocycles. The summed E-state index contributed by atoms with van der Waals surface area (Å²) in [4.78, 5) is 51.7. The molecule has 153 valence electrons. The molecule has 1 aromatic heterocycles. The van der Waals surface area contributed by atoms with Crippen molar-refractivity contribution in [1.82, 2.24) is 15.5 Å². The Bertz CT molecular complexity index is 1560. The molecule has 4 aromatic rings. The van der Waals surface area contributed by atoms with Gasteiger partial charge < -0.3 is 0 Å². The van der Waals surface area contributed by atoms with Gasteiger partial charge in [-0.2, -0.15) is 5.10 Å². The van der Waals surface area contributed by atoms with Gasteiger partial charge in [0.15, 0.2) is 0 Å². The third-order valence-electron chi connectivity index (χ3n) is 5.59. The van der Waals surface area contributed by atoms with Crippen LogP contribution in [0.25, 0.3) is 22.0 Å². The van der Waals surface area contributed by atoms with E-state index in [0.29, 0.717) is 11.3 Å². The van der Waals surface area contributed by atoms with Crippen molar-refractivity contribution >= 4 is 51.8 Å². The highest BCUT2D eigenvalue weighted by Gasteiger charge is 2.40. The molecule has 2 aliphatic rings. The summed E-state index contributed by atoms with van der Waals surface area (Å²) in [5, 5.41) is 9.91. The van der Waals surface area contributed by atoms with Crippen LogP contribution in [0, 0.1) is 6.07 Å². The lowest BCUT2D eigenvalue weighted by molar-refractivity contribution is 0.0874. The maximum atomic E-state index is 13.4. The van der Waals surface area contributed by atoms with Crippen molar-refractivity contribution in [3.8, 4) is 11.1 Å². The van der Waals surface area contributed by atoms with Gasteiger partial charge in [0.25, 0.3) is 23.6 Å². The van der Waals surface area contributed by atoms with Crippen LogP contribution in [0.4, 0.5) is 5.69 Å². The number of fused-ring (bicyclic) bond motifs is 3. The summed E-state index contributed by atoms with van der Waals surface area (Å²) in [6, 6.07) is 14.0. The predicted octanol–water partition coefficient (Wildman–Crippen LogP) is 3.37. The Morgan fingerprint density at radius 1 is 0.875 bits per heavy atom. The molecule has 9 heteroatoms. The number of anilines is 1. The number of nitrogens with zero attached hydrogens (tertiary/aromatic N) is 2. The Balaban J connectivity index is 1.52. The Morgan fingerprint density at radius 3 is 2.53 bits per heavy atom. The first-order valence-electron chi connectivity index (χ1n) is 9.50. The molecule has 0 atom stereocenters. The van der Waals surface area contributed by atoms with Gasteiger partial charge in [-0.15, -0.1) is 0 Å². The number of hydrogen-bond acceptors (Lipinski definition) is 5. The van der Waals surface area contributed by atoms with Gasteiger partial charge in [-0.1, -0.05) is 17.7 Å². The van der Waals surface area contributed by atoms with E-state index in [1.54, 1.807) is 30.5 Å². The molecule has 0 unspecified atom stereocenters. The molecule has 2 N–H and O–H groups in total. The number of rotatable bonds is 2. The van der Waals surface area contributed by atoms with Crippen molar-refractivity contribution in [1.29, 1.82) is 0 Å². The topological polar surface area (TPSA) is 112 Å². The molecule has 0 spiro atoms. The van der Waals surface area contributed by atoms with E-state index in [9.17, 15) is 19.2 Å². The van der Waals surface area contributed by atoms with Crippen molar-refractivity contribution in [2.24, 2.45) is 0 Å². The summed E-state index contributed by atoms with van der Waals surface area (Å²) in [5.74, 6) is -2.05. The van der Waals surface area contributed by atoms with Crippen molar-refractivity contribution in [2.45, 2.75) is 0 Å². The highest BCUT2D eigenvalue weighted by atomic mass is 35.5. The molecule has 0 saturated heterocycles. The fraction of sp³-hybridized carbons (Fsp3) is 0. The van der Waals surface area contributed by atoms with Crippen LogP contribution in [0.3, 0.4) is 0 Å². The molecular weight excluding hydrogens is 432 g/mol. The Hall–Kier alpha value is -4.30. The van der Waals surface area contributed by atoms with Gasteiger partial charge in [-0.05, 0) is 42.0 Å². The number of hydrogen-bond donors (Lipinski definition) is 2. The van der Waals surface area contributed by atoms with E-state index >= 15 is 0 Å². The Morgan fingerprint density at radius 2 is 1.69 bits per heavy atom. The van der Waals surface area contributed by atoms with Crippen molar-refractivity contribution in [3.63, 3.8) is 0 Å². The van der Waals surface area contributed by atoms with Gasteiger partial charge in [0.2, 0.25) is 0 Å². The minimum Gasteiger partial charge on any atom is -0.288 e. The van der Waals surface area contributed by atoms with Crippen LogP contribution in [0.15, 0.2) is 48.7 Å². The number of aromatic nitrogens is 2. The van der Waals surface area contributed by atoms with E-state index in [1.807, 2.05) is 0 Å². The first kappa shape index (κ1) is 18.5. The monoisotopic (exact) mass is 441 g/mol. The molecule has 4 amide bonds. The van der Waals surface area contributed by atoms with Crippen molar-refractivity contribution in [2.75, 3.05) is 4.90 Å². The maximum Gasteiger partial charge on any atom is 0.266 e. The molecule has 1 radical (unpaired) electrons. The SMILES string of the molecule is O=C1NC(=O)c2cc(-c3[c]c(Cl)cc4c3C(=O)N(c3ccc5[nH]ncc5c3)C4=O)ccc21. The molecule has 2 aliphatic heterocycles. The second kappa shape index (κ2) is 6.35. The fourth-order valence-corrected chi connectivity index (χ4v) is 4.31. The van der Waals surface area contributed by atoms with Gasteiger partial charge in [0.05, 0.1) is 39.7 Å². The van der Waals surface area contributed by atoms with E-state index in [4.69, 9.17) is 11.6 Å². The van der Waals surface area contributed by atoms with Crippen LogP contribution in [-0.4, -0.2) is 33.8 Å². The fourth-order valence-electron chi connectivity index (χ4n) is 4.11. The molecule has 0 fully saturated rings. The van der Waals surface area contributed by atoms with E-state index in [-0.39, 0.29) is 32.8 Å². The molecule has 6 rings (SSSR count). The number of halogens is 1. The lowest BCUT2D eigenvalue weighted by Gasteiger charge is -2.14. The largest absolute Gasteiger partial charge is 0.288 e. The molecule has 32 heavy (non-hydrogen) atoms. The van der Waals surface area contributed by atoms with Gasteiger partial charge in [0, 0.05) is 22.0 Å². The summed E-state index contributed by atoms with van der Waals surface area (Å²) < 4.78 is 0. The van der Waals surface area contributed by atoms with Crippen molar-refractivity contribution in [3.05, 3.63) is 82.0 Å². The first-order valence-corrected chi connectivity index (χ1v) is 9.88. The van der Waals surface area contributed by atoms with E-state index in [2.05, 4.69) is 21.6 Å². The molecule has 8 nitrogen and oxygen atoms in total. The van der Waals surface area contributed by atoms with Crippen LogP contribution >= 0.6 is 11.6 Å². The Kier molecular flexibility index (Phi) is 3.66. The highest BCUT2D eigenvalue weighted by Crippen LogP contribution is 2.38. The van der Waals surface area contributed by atoms with Crippen LogP contribution in [0.5, 0.6) is 0 Å². The van der Waals surface area contributed by atoms with E-state index in [0.717, 1.165) is 15.8 Å². The van der Waals surface area contributed by atoms with E-state index in [1.165, 1.54) is 18.2 Å². The molecule has 0 bridgehead atoms. The van der Waals surface area contributed by atoms with E-state index < -0.39 is 23.6 Å². The standard InChI is InChI=1S/C23H10ClN4O4/c24-12-7-15(10-1-3-14-16(6-10)21(30)26-20(14)29)19-17(8-12)22(31)28(23(19)32)13-2-4-18-11(5-13)9-25-27-18/h1-6,8-9H,(H,25,27)(H,26,29,30). The number of imide groups is 2. The second-order valence-corrected chi connectivity index (χ2v) is 7.82. The van der Waals surface area contributed by atoms with Crippen LogP contribution in [0.1, 0.15) is 41.4 Å². The number of benzene rings is 3. The predicted molar refractivity (Wildman–Crippen MR) is 115 cm³/mol. The minimum absolute atomic E-state index is 0.136. The van der Waals surface area contributed by atoms with Gasteiger partial charge in [0.1, 0.15) is 0 Å². The van der Waals surface area contributed by atoms with Gasteiger partial charge >= 0.3 is 0 Å². The highest BCUT2D eigenvalue weighted by molar-refractivity contribution is 6.38. The molecule has 0 saturated carbocycles. The number of carbonyl (C=O) groups is 4. The zero-order valence-electron chi connectivity index (χ0n) is 16.0. The summed E-state index contributed by atoms with van der Waals surface area (Å²) in [5.41, 5.74) is 2.61. The molecule has 3 aromatic carbocycles. The lowest BCUT2D eigenvalue weighted by Crippen LogP contribution is -2.29. The number of H-pyrrole nitrogens is 1. The number of carbonyl (C=O) groups excluding carboxylic acids is 4. The normalized spacial score (nSPS) is 14.8. The van der Waals surface area contributed by atoms with Gasteiger partial charge in [-0.25, -0.2) is 4.90 Å². The Labute approximate surface area is 184 Å². The van der Waals surface area contributed by atoms with Crippen LogP contribution in [-0.2, 0) is 0 Å². The van der Waals surface area contributed by atoms with Gasteiger partial charge in [-0.3, -0.25) is 29.6 Å². The lowest BCUT2D eigenvalue weighted by atomic mass is 9.94. The number of nitrogens with one attached hydrogen (secondary N) is 2. The first-order chi connectivity index (χ1) is 15.4. The maximum absolute atomic E-state index is 13.4. The third kappa shape index (κ3) is 2.47. The van der Waals surface area contributed by atoms with Crippen LogP contribution < -0.4 is 10.2 Å². The molecule has 3 heterocycles. The molecular formula is C23H10ClN4O4. The van der Waals surface area contributed by atoms with Crippen LogP contribution in [0.2, 0.25) is 5.02 Å². The third-order valence-corrected chi connectivity index (χ3v) is 5.80. The summed E-state index contributed by atoms with van der Waals surface area (Å²) in [6.45, 7) is 0. The average molecular weight is 442 g/mol.